The van der Waals surface area contributed by atoms with Crippen molar-refractivity contribution in [2.24, 2.45) is 0 Å². The standard InChI is InChI=1S/C31H26FNO7/c1-37-24-12-11-21(15-23(24)32)29(34)27-28(33(31(36)30(27)35)17-22-9-6-14-39-22)20-10-13-25(26(16-20)38-2)40-18-19-7-4-3-5-8-19/h3-16,28,34H,17-18H2,1-2H3/t28-/m1/s1. The van der Waals surface area contributed by atoms with E-state index in [1.807, 2.05) is 30.3 Å². The topological polar surface area (TPSA) is 98.4 Å². The maximum absolute atomic E-state index is 14.5. The highest BCUT2D eigenvalue weighted by Crippen LogP contribution is 2.43. The molecule has 1 saturated heterocycles. The van der Waals surface area contributed by atoms with E-state index in [-0.39, 0.29) is 23.4 Å². The summed E-state index contributed by atoms with van der Waals surface area (Å²) in [4.78, 5) is 27.9. The van der Waals surface area contributed by atoms with Crippen LogP contribution in [0.25, 0.3) is 5.76 Å². The van der Waals surface area contributed by atoms with Gasteiger partial charge in [-0.05, 0) is 53.6 Å². The number of nitrogens with zero attached hydrogens (tertiary/aromatic N) is 1. The van der Waals surface area contributed by atoms with E-state index in [1.54, 1.807) is 30.3 Å². The molecule has 5 rings (SSSR count). The number of aliphatic hydroxyl groups is 1. The number of halogens is 1. The van der Waals surface area contributed by atoms with Gasteiger partial charge in [0.05, 0.1) is 38.6 Å². The molecule has 1 aliphatic rings. The predicted molar refractivity (Wildman–Crippen MR) is 143 cm³/mol. The maximum atomic E-state index is 14.5. The second-order valence-electron chi connectivity index (χ2n) is 9.04. The summed E-state index contributed by atoms with van der Waals surface area (Å²) >= 11 is 0. The molecule has 3 aromatic carbocycles. The second-order valence-corrected chi connectivity index (χ2v) is 9.04. The van der Waals surface area contributed by atoms with Crippen LogP contribution in [-0.2, 0) is 22.7 Å². The summed E-state index contributed by atoms with van der Waals surface area (Å²) in [5.74, 6) is -1.75. The van der Waals surface area contributed by atoms with Crippen molar-refractivity contribution in [3.8, 4) is 17.2 Å². The zero-order chi connectivity index (χ0) is 28.2. The van der Waals surface area contributed by atoms with Gasteiger partial charge in [0.25, 0.3) is 11.7 Å². The van der Waals surface area contributed by atoms with Gasteiger partial charge in [0.2, 0.25) is 0 Å². The first-order valence-electron chi connectivity index (χ1n) is 12.4. The smallest absolute Gasteiger partial charge is 0.296 e. The SMILES string of the molecule is COc1ccc(C(O)=C2C(=O)C(=O)N(Cc3ccco3)[C@@H]2c2ccc(OCc3ccccc3)c(OC)c2)cc1F. The summed E-state index contributed by atoms with van der Waals surface area (Å²) in [5.41, 5.74) is 1.27. The van der Waals surface area contributed by atoms with Crippen LogP contribution in [0.15, 0.2) is 95.1 Å². The van der Waals surface area contributed by atoms with Crippen molar-refractivity contribution in [3.05, 3.63) is 119 Å². The third-order valence-corrected chi connectivity index (χ3v) is 6.61. The van der Waals surface area contributed by atoms with Gasteiger partial charge in [0, 0.05) is 5.56 Å². The zero-order valence-electron chi connectivity index (χ0n) is 21.8. The maximum Gasteiger partial charge on any atom is 0.296 e. The van der Waals surface area contributed by atoms with Crippen molar-refractivity contribution in [1.29, 1.82) is 0 Å². The van der Waals surface area contributed by atoms with E-state index in [9.17, 15) is 19.1 Å². The monoisotopic (exact) mass is 543 g/mol. The number of carbonyl (C=O) groups is 2. The van der Waals surface area contributed by atoms with Crippen LogP contribution >= 0.6 is 0 Å². The Labute approximate surface area is 229 Å². The Morgan fingerprint density at radius 1 is 0.925 bits per heavy atom. The molecule has 1 N–H and O–H groups in total. The molecule has 0 bridgehead atoms. The summed E-state index contributed by atoms with van der Waals surface area (Å²) in [6.45, 7) is 0.265. The second kappa shape index (κ2) is 11.4. The molecule has 0 saturated carbocycles. The third kappa shape index (κ3) is 5.13. The lowest BCUT2D eigenvalue weighted by Crippen LogP contribution is -2.29. The van der Waals surface area contributed by atoms with Gasteiger partial charge in [0.1, 0.15) is 18.1 Å². The van der Waals surface area contributed by atoms with Crippen molar-refractivity contribution >= 4 is 17.4 Å². The van der Waals surface area contributed by atoms with E-state index in [2.05, 4.69) is 0 Å². The quantitative estimate of drug-likeness (QED) is 0.166. The van der Waals surface area contributed by atoms with Gasteiger partial charge in [-0.1, -0.05) is 36.4 Å². The van der Waals surface area contributed by atoms with Gasteiger partial charge in [-0.2, -0.15) is 0 Å². The van der Waals surface area contributed by atoms with Crippen LogP contribution in [0.3, 0.4) is 0 Å². The Morgan fingerprint density at radius 2 is 1.68 bits per heavy atom. The molecule has 8 nitrogen and oxygen atoms in total. The Hall–Kier alpha value is -5.05. The van der Waals surface area contributed by atoms with E-state index in [1.165, 1.54) is 37.5 Å². The summed E-state index contributed by atoms with van der Waals surface area (Å²) in [7, 11) is 2.80. The van der Waals surface area contributed by atoms with Gasteiger partial charge in [-0.15, -0.1) is 0 Å². The summed E-state index contributed by atoms with van der Waals surface area (Å²) in [6, 6.07) is 20.7. The van der Waals surface area contributed by atoms with Gasteiger partial charge in [-0.3, -0.25) is 9.59 Å². The molecule has 1 aliphatic heterocycles. The number of likely N-dealkylation sites (tertiary alicyclic amines) is 1. The molecular weight excluding hydrogens is 517 g/mol. The molecule has 204 valence electrons. The fourth-order valence-corrected chi connectivity index (χ4v) is 4.64. The van der Waals surface area contributed by atoms with Crippen LogP contribution in [0.5, 0.6) is 17.2 Å². The van der Waals surface area contributed by atoms with Crippen LogP contribution in [0, 0.1) is 5.82 Å². The number of aliphatic hydroxyl groups excluding tert-OH is 1. The van der Waals surface area contributed by atoms with Crippen LogP contribution in [0.4, 0.5) is 4.39 Å². The van der Waals surface area contributed by atoms with E-state index in [4.69, 9.17) is 18.6 Å². The fraction of sp³-hybridized carbons (Fsp3) is 0.161. The highest BCUT2D eigenvalue weighted by Gasteiger charge is 2.46. The van der Waals surface area contributed by atoms with E-state index in [0.29, 0.717) is 29.4 Å². The van der Waals surface area contributed by atoms with Crippen molar-refractivity contribution in [1.82, 2.24) is 4.90 Å². The number of rotatable bonds is 9. The molecule has 4 aromatic rings. The fourth-order valence-electron chi connectivity index (χ4n) is 4.64. The molecule has 0 spiro atoms. The number of Topliss-reactive ketones (excluding diaryl/α,β-unsaturated/α-hetero) is 1. The highest BCUT2D eigenvalue weighted by atomic mass is 19.1. The minimum absolute atomic E-state index is 0.0223. The molecule has 1 amide bonds. The third-order valence-electron chi connectivity index (χ3n) is 6.61. The van der Waals surface area contributed by atoms with E-state index >= 15 is 0 Å². The van der Waals surface area contributed by atoms with Crippen molar-refractivity contribution in [2.45, 2.75) is 19.2 Å². The minimum atomic E-state index is -1.02. The summed E-state index contributed by atoms with van der Waals surface area (Å²) < 4.78 is 36.4. The summed E-state index contributed by atoms with van der Waals surface area (Å²) in [6.07, 6.45) is 1.46. The van der Waals surface area contributed by atoms with Crippen molar-refractivity contribution in [3.63, 3.8) is 0 Å². The Balaban J connectivity index is 1.58. The van der Waals surface area contributed by atoms with E-state index < -0.39 is 29.3 Å². The number of hydrogen-bond acceptors (Lipinski definition) is 7. The number of amides is 1. The molecule has 0 aliphatic carbocycles. The predicted octanol–water partition coefficient (Wildman–Crippen LogP) is 5.64. The Bertz CT molecular complexity index is 1560. The van der Waals surface area contributed by atoms with Gasteiger partial charge in [-0.25, -0.2) is 4.39 Å². The lowest BCUT2D eigenvalue weighted by Gasteiger charge is -2.25. The number of furan rings is 1. The first-order chi connectivity index (χ1) is 19.4. The lowest BCUT2D eigenvalue weighted by molar-refractivity contribution is -0.140. The van der Waals surface area contributed by atoms with Crippen molar-refractivity contribution < 1.29 is 37.7 Å². The zero-order valence-corrected chi connectivity index (χ0v) is 21.8. The molecule has 0 unspecified atom stereocenters. The number of carbonyl (C=O) groups excluding carboxylic acids is 2. The average Bonchev–Trinajstić information content (AvgIpc) is 3.58. The van der Waals surface area contributed by atoms with Gasteiger partial charge >= 0.3 is 0 Å². The molecule has 1 fully saturated rings. The van der Waals surface area contributed by atoms with Crippen molar-refractivity contribution in [2.75, 3.05) is 14.2 Å². The number of hydrogen-bond donors (Lipinski definition) is 1. The molecule has 0 radical (unpaired) electrons. The van der Waals surface area contributed by atoms with Crippen LogP contribution < -0.4 is 14.2 Å². The van der Waals surface area contributed by atoms with Crippen LogP contribution in [0.2, 0.25) is 0 Å². The number of benzene rings is 3. The molecule has 1 aromatic heterocycles. The lowest BCUT2D eigenvalue weighted by atomic mass is 9.95. The molecule has 9 heteroatoms. The van der Waals surface area contributed by atoms with Crippen LogP contribution in [0.1, 0.15) is 28.5 Å². The number of ketones is 1. The number of ether oxygens (including phenoxy) is 3. The van der Waals surface area contributed by atoms with Crippen LogP contribution in [-0.4, -0.2) is 35.9 Å². The largest absolute Gasteiger partial charge is 0.507 e. The highest BCUT2D eigenvalue weighted by molar-refractivity contribution is 6.46. The van der Waals surface area contributed by atoms with Gasteiger partial charge < -0.3 is 28.6 Å². The summed E-state index contributed by atoms with van der Waals surface area (Å²) in [5, 5.41) is 11.3. The molecule has 2 heterocycles. The minimum Gasteiger partial charge on any atom is -0.507 e. The molecule has 1 atom stereocenters. The number of methoxy groups -OCH3 is 2. The van der Waals surface area contributed by atoms with E-state index in [0.717, 1.165) is 11.6 Å². The average molecular weight is 544 g/mol. The molecule has 40 heavy (non-hydrogen) atoms. The van der Waals surface area contributed by atoms with Gasteiger partial charge in [0.15, 0.2) is 23.1 Å². The Kier molecular flexibility index (Phi) is 7.54. The molecular formula is C31H26FNO7. The first kappa shape index (κ1) is 26.6. The normalized spacial score (nSPS) is 16.3. The Morgan fingerprint density at radius 3 is 2.35 bits per heavy atom. The first-order valence-corrected chi connectivity index (χ1v) is 12.4.